The van der Waals surface area contributed by atoms with Crippen molar-refractivity contribution in [2.75, 3.05) is 5.32 Å². The highest BCUT2D eigenvalue weighted by Crippen LogP contribution is 2.65. The van der Waals surface area contributed by atoms with Gasteiger partial charge < -0.3 is 5.32 Å². The summed E-state index contributed by atoms with van der Waals surface area (Å²) in [7, 11) is 0. The molecule has 3 atom stereocenters. The van der Waals surface area contributed by atoms with E-state index in [9.17, 15) is 0 Å². The predicted molar refractivity (Wildman–Crippen MR) is 73.1 cm³/mol. The van der Waals surface area contributed by atoms with Gasteiger partial charge in [-0.05, 0) is 48.1 Å². The van der Waals surface area contributed by atoms with Gasteiger partial charge in [-0.25, -0.2) is 0 Å². The average Bonchev–Trinajstić information content (AvgIpc) is 2.63. The minimum Gasteiger partial charge on any atom is -0.382 e. The summed E-state index contributed by atoms with van der Waals surface area (Å²) in [6.45, 7) is 7.43. The molecule has 17 heavy (non-hydrogen) atoms. The topological polar surface area (TPSA) is 12.0 Å². The van der Waals surface area contributed by atoms with Crippen molar-refractivity contribution in [3.63, 3.8) is 0 Å². The average molecular weight is 229 g/mol. The molecule has 0 saturated heterocycles. The van der Waals surface area contributed by atoms with Crippen molar-refractivity contribution < 1.29 is 0 Å². The van der Waals surface area contributed by atoms with Crippen LogP contribution in [0.4, 0.5) is 5.69 Å². The van der Waals surface area contributed by atoms with Gasteiger partial charge in [0, 0.05) is 11.7 Å². The lowest BCUT2D eigenvalue weighted by Crippen LogP contribution is -2.40. The molecular weight excluding hydrogens is 206 g/mol. The first kappa shape index (κ1) is 11.1. The molecule has 92 valence electrons. The summed E-state index contributed by atoms with van der Waals surface area (Å²) < 4.78 is 0. The highest BCUT2D eigenvalue weighted by molar-refractivity contribution is 5.45. The second-order valence-electron chi connectivity index (χ2n) is 6.67. The zero-order valence-corrected chi connectivity index (χ0v) is 11.2. The van der Waals surface area contributed by atoms with Crippen LogP contribution in [0.25, 0.3) is 0 Å². The van der Waals surface area contributed by atoms with E-state index >= 15 is 0 Å². The second-order valence-corrected chi connectivity index (χ2v) is 6.67. The maximum absolute atomic E-state index is 3.77. The highest BCUT2D eigenvalue weighted by atomic mass is 15.0. The summed E-state index contributed by atoms with van der Waals surface area (Å²) in [5.41, 5.74) is 2.24. The zero-order valence-electron chi connectivity index (χ0n) is 11.2. The van der Waals surface area contributed by atoms with Crippen LogP contribution in [0.15, 0.2) is 30.3 Å². The van der Waals surface area contributed by atoms with Gasteiger partial charge >= 0.3 is 0 Å². The molecule has 1 aromatic rings. The van der Waals surface area contributed by atoms with Crippen LogP contribution in [0.3, 0.4) is 0 Å². The van der Waals surface area contributed by atoms with Gasteiger partial charge in [-0.15, -0.1) is 0 Å². The number of hydrogen-bond acceptors (Lipinski definition) is 1. The number of nitrogens with one attached hydrogen (secondary N) is 1. The van der Waals surface area contributed by atoms with Crippen LogP contribution in [0.2, 0.25) is 0 Å². The lowest BCUT2D eigenvalue weighted by Gasteiger charge is -2.40. The summed E-state index contributed by atoms with van der Waals surface area (Å²) in [4.78, 5) is 0. The first-order valence-corrected chi connectivity index (χ1v) is 6.86. The molecule has 0 heterocycles. The Kier molecular flexibility index (Phi) is 2.30. The van der Waals surface area contributed by atoms with Gasteiger partial charge in [0.05, 0.1) is 0 Å². The fourth-order valence-corrected chi connectivity index (χ4v) is 4.16. The Morgan fingerprint density at radius 3 is 2.35 bits per heavy atom. The first-order valence-electron chi connectivity index (χ1n) is 6.86. The van der Waals surface area contributed by atoms with Crippen LogP contribution in [0.1, 0.15) is 40.0 Å². The SMILES string of the molecule is CC1(C)[C@@H]2CC[C@@]1(C)C(Nc1ccccc1)C2. The molecule has 2 aliphatic rings. The summed E-state index contributed by atoms with van der Waals surface area (Å²) in [6.07, 6.45) is 4.16. The molecule has 2 aliphatic carbocycles. The standard InChI is InChI=1S/C16H23N/c1-15(2)12-9-10-16(15,3)14(11-12)17-13-7-5-4-6-8-13/h4-8,12,14,17H,9-11H2,1-3H3/t12-,14?,16+/m1/s1. The molecule has 1 heteroatoms. The zero-order chi connectivity index (χ0) is 12.1. The summed E-state index contributed by atoms with van der Waals surface area (Å²) in [5, 5.41) is 3.77. The Hall–Kier alpha value is -0.980. The van der Waals surface area contributed by atoms with Gasteiger partial charge in [-0.1, -0.05) is 39.0 Å². The Morgan fingerprint density at radius 2 is 1.82 bits per heavy atom. The maximum Gasteiger partial charge on any atom is 0.0342 e. The van der Waals surface area contributed by atoms with E-state index in [0.29, 0.717) is 16.9 Å². The van der Waals surface area contributed by atoms with Crippen LogP contribution in [-0.2, 0) is 0 Å². The van der Waals surface area contributed by atoms with E-state index in [4.69, 9.17) is 0 Å². The van der Waals surface area contributed by atoms with E-state index < -0.39 is 0 Å². The van der Waals surface area contributed by atoms with Gasteiger partial charge in [0.1, 0.15) is 0 Å². The Morgan fingerprint density at radius 1 is 1.12 bits per heavy atom. The molecule has 1 aromatic carbocycles. The monoisotopic (exact) mass is 229 g/mol. The highest BCUT2D eigenvalue weighted by Gasteiger charge is 2.61. The van der Waals surface area contributed by atoms with Crippen molar-refractivity contribution in [3.8, 4) is 0 Å². The van der Waals surface area contributed by atoms with Crippen LogP contribution in [-0.4, -0.2) is 6.04 Å². The van der Waals surface area contributed by atoms with Gasteiger partial charge in [0.2, 0.25) is 0 Å². The molecule has 0 aromatic heterocycles. The van der Waals surface area contributed by atoms with E-state index in [-0.39, 0.29) is 0 Å². The number of hydrogen-bond donors (Lipinski definition) is 1. The normalized spacial score (nSPS) is 38.3. The van der Waals surface area contributed by atoms with E-state index in [1.807, 2.05) is 0 Å². The van der Waals surface area contributed by atoms with E-state index in [1.54, 1.807) is 0 Å². The van der Waals surface area contributed by atoms with Crippen molar-refractivity contribution in [2.45, 2.75) is 46.1 Å². The Balaban J connectivity index is 1.83. The molecule has 1 N–H and O–H groups in total. The van der Waals surface area contributed by atoms with Crippen molar-refractivity contribution in [1.29, 1.82) is 0 Å². The van der Waals surface area contributed by atoms with Crippen LogP contribution >= 0.6 is 0 Å². The lowest BCUT2D eigenvalue weighted by atomic mass is 9.69. The van der Waals surface area contributed by atoms with E-state index in [1.165, 1.54) is 24.9 Å². The molecule has 2 saturated carbocycles. The fourth-order valence-electron chi connectivity index (χ4n) is 4.16. The van der Waals surface area contributed by atoms with Crippen LogP contribution < -0.4 is 5.32 Å². The molecular formula is C16H23N. The van der Waals surface area contributed by atoms with Gasteiger partial charge in [0.15, 0.2) is 0 Å². The predicted octanol–water partition coefficient (Wildman–Crippen LogP) is 4.31. The molecule has 0 radical (unpaired) electrons. The van der Waals surface area contributed by atoms with Crippen molar-refractivity contribution in [2.24, 2.45) is 16.7 Å². The fraction of sp³-hybridized carbons (Fsp3) is 0.625. The van der Waals surface area contributed by atoms with E-state index in [0.717, 1.165) is 5.92 Å². The smallest absolute Gasteiger partial charge is 0.0342 e. The van der Waals surface area contributed by atoms with Crippen molar-refractivity contribution >= 4 is 5.69 Å². The number of rotatable bonds is 2. The molecule has 2 bridgehead atoms. The second kappa shape index (κ2) is 3.51. The lowest BCUT2D eigenvalue weighted by molar-refractivity contribution is 0.142. The molecule has 1 nitrogen and oxygen atoms in total. The molecule has 0 aliphatic heterocycles. The molecule has 0 spiro atoms. The number of fused-ring (bicyclic) bond motifs is 2. The molecule has 2 fully saturated rings. The largest absolute Gasteiger partial charge is 0.382 e. The number of para-hydroxylation sites is 1. The number of benzene rings is 1. The third-order valence-electron chi connectivity index (χ3n) is 5.91. The minimum absolute atomic E-state index is 0.466. The third kappa shape index (κ3) is 1.44. The number of anilines is 1. The van der Waals surface area contributed by atoms with Crippen molar-refractivity contribution in [3.05, 3.63) is 30.3 Å². The van der Waals surface area contributed by atoms with E-state index in [2.05, 4.69) is 56.4 Å². The molecule has 1 unspecified atom stereocenters. The quantitative estimate of drug-likeness (QED) is 0.796. The molecule has 0 amide bonds. The van der Waals surface area contributed by atoms with Crippen LogP contribution in [0.5, 0.6) is 0 Å². The summed E-state index contributed by atoms with van der Waals surface area (Å²) in [6, 6.07) is 11.3. The van der Waals surface area contributed by atoms with Crippen LogP contribution in [0, 0.1) is 16.7 Å². The Labute approximate surface area is 105 Å². The summed E-state index contributed by atoms with van der Waals surface area (Å²) in [5.74, 6) is 0.911. The third-order valence-corrected chi connectivity index (χ3v) is 5.91. The molecule has 3 rings (SSSR count). The maximum atomic E-state index is 3.77. The first-order chi connectivity index (χ1) is 8.04. The van der Waals surface area contributed by atoms with Gasteiger partial charge in [-0.2, -0.15) is 0 Å². The summed E-state index contributed by atoms with van der Waals surface area (Å²) >= 11 is 0. The van der Waals surface area contributed by atoms with Crippen molar-refractivity contribution in [1.82, 2.24) is 0 Å². The van der Waals surface area contributed by atoms with Gasteiger partial charge in [0.25, 0.3) is 0 Å². The Bertz CT molecular complexity index is 409. The van der Waals surface area contributed by atoms with Gasteiger partial charge in [-0.3, -0.25) is 0 Å². The minimum atomic E-state index is 0.466.